The van der Waals surface area contributed by atoms with Crippen LogP contribution >= 0.6 is 0 Å². The zero-order valence-electron chi connectivity index (χ0n) is 11.1. The third-order valence-corrected chi connectivity index (χ3v) is 3.52. The summed E-state index contributed by atoms with van der Waals surface area (Å²) in [4.78, 5) is 4.07. The highest BCUT2D eigenvalue weighted by Crippen LogP contribution is 2.27. The zero-order valence-corrected chi connectivity index (χ0v) is 11.1. The second-order valence-corrected chi connectivity index (χ2v) is 4.91. The van der Waals surface area contributed by atoms with Crippen molar-refractivity contribution in [2.24, 2.45) is 0 Å². The summed E-state index contributed by atoms with van der Waals surface area (Å²) in [6.07, 6.45) is 8.20. The van der Waals surface area contributed by atoms with Crippen molar-refractivity contribution in [3.8, 4) is 5.69 Å². The second-order valence-electron chi connectivity index (χ2n) is 4.91. The van der Waals surface area contributed by atoms with Crippen LogP contribution in [-0.2, 0) is 4.74 Å². The minimum absolute atomic E-state index is 0.444. The van der Waals surface area contributed by atoms with Crippen molar-refractivity contribution in [2.45, 2.75) is 31.9 Å². The van der Waals surface area contributed by atoms with E-state index < -0.39 is 0 Å². The highest BCUT2D eigenvalue weighted by molar-refractivity contribution is 5.52. The first-order valence-electron chi connectivity index (χ1n) is 6.81. The molecular formula is C15H19N3O. The SMILES string of the molecule is CCOC1CC(Nc2cccc(-n3ccnc3)c2)C1. The fourth-order valence-electron chi connectivity index (χ4n) is 2.46. The Balaban J connectivity index is 1.62. The second kappa shape index (κ2) is 5.45. The molecule has 0 radical (unpaired) electrons. The molecule has 0 aliphatic heterocycles. The van der Waals surface area contributed by atoms with Gasteiger partial charge in [0, 0.05) is 36.4 Å². The van der Waals surface area contributed by atoms with Gasteiger partial charge in [-0.05, 0) is 38.0 Å². The van der Waals surface area contributed by atoms with Gasteiger partial charge in [-0.2, -0.15) is 0 Å². The van der Waals surface area contributed by atoms with Crippen LogP contribution in [0.5, 0.6) is 0 Å². The van der Waals surface area contributed by atoms with Crippen LogP contribution in [0.3, 0.4) is 0 Å². The lowest BCUT2D eigenvalue weighted by Gasteiger charge is -2.36. The summed E-state index contributed by atoms with van der Waals surface area (Å²) in [5, 5.41) is 3.56. The van der Waals surface area contributed by atoms with Crippen molar-refractivity contribution >= 4 is 5.69 Å². The van der Waals surface area contributed by atoms with Gasteiger partial charge < -0.3 is 14.6 Å². The maximum atomic E-state index is 5.58. The molecule has 4 nitrogen and oxygen atoms in total. The van der Waals surface area contributed by atoms with Crippen molar-refractivity contribution in [3.05, 3.63) is 43.0 Å². The van der Waals surface area contributed by atoms with E-state index in [0.717, 1.165) is 30.8 Å². The number of nitrogens with one attached hydrogen (secondary N) is 1. The molecule has 1 saturated carbocycles. The summed E-state index contributed by atoms with van der Waals surface area (Å²) in [7, 11) is 0. The smallest absolute Gasteiger partial charge is 0.0991 e. The Bertz CT molecular complexity index is 518. The summed E-state index contributed by atoms with van der Waals surface area (Å²) in [5.41, 5.74) is 2.29. The van der Waals surface area contributed by atoms with Gasteiger partial charge in [-0.15, -0.1) is 0 Å². The number of aromatic nitrogens is 2. The van der Waals surface area contributed by atoms with Crippen molar-refractivity contribution in [2.75, 3.05) is 11.9 Å². The summed E-state index contributed by atoms with van der Waals surface area (Å²) in [6.45, 7) is 2.86. The van der Waals surface area contributed by atoms with E-state index in [-0.39, 0.29) is 0 Å². The van der Waals surface area contributed by atoms with Crippen LogP contribution in [0.4, 0.5) is 5.69 Å². The average Bonchev–Trinajstić information content (AvgIpc) is 2.91. The monoisotopic (exact) mass is 257 g/mol. The minimum atomic E-state index is 0.444. The molecule has 0 amide bonds. The Morgan fingerprint density at radius 2 is 2.32 bits per heavy atom. The van der Waals surface area contributed by atoms with E-state index in [1.54, 1.807) is 6.20 Å². The van der Waals surface area contributed by atoms with E-state index in [4.69, 9.17) is 4.74 Å². The third-order valence-electron chi connectivity index (χ3n) is 3.52. The number of benzene rings is 1. The lowest BCUT2D eigenvalue weighted by molar-refractivity contribution is 0.00299. The molecule has 1 N–H and O–H groups in total. The molecule has 1 aromatic heterocycles. The summed E-state index contributed by atoms with van der Waals surface area (Å²) >= 11 is 0. The minimum Gasteiger partial charge on any atom is -0.382 e. The largest absolute Gasteiger partial charge is 0.382 e. The molecule has 19 heavy (non-hydrogen) atoms. The van der Waals surface area contributed by atoms with E-state index >= 15 is 0 Å². The van der Waals surface area contributed by atoms with Gasteiger partial charge in [0.1, 0.15) is 0 Å². The maximum absolute atomic E-state index is 5.58. The molecule has 1 aliphatic carbocycles. The molecule has 0 atom stereocenters. The van der Waals surface area contributed by atoms with Gasteiger partial charge in [-0.3, -0.25) is 0 Å². The van der Waals surface area contributed by atoms with Crippen molar-refractivity contribution < 1.29 is 4.74 Å². The molecule has 0 saturated heterocycles. The predicted molar refractivity (Wildman–Crippen MR) is 75.6 cm³/mol. The van der Waals surface area contributed by atoms with Gasteiger partial charge in [0.25, 0.3) is 0 Å². The van der Waals surface area contributed by atoms with Gasteiger partial charge in [-0.25, -0.2) is 4.98 Å². The Morgan fingerprint density at radius 1 is 1.42 bits per heavy atom. The third kappa shape index (κ3) is 2.79. The molecule has 0 spiro atoms. The number of anilines is 1. The Labute approximate surface area is 113 Å². The van der Waals surface area contributed by atoms with Gasteiger partial charge in [0.2, 0.25) is 0 Å². The quantitative estimate of drug-likeness (QED) is 0.895. The highest BCUT2D eigenvalue weighted by atomic mass is 16.5. The summed E-state index contributed by atoms with van der Waals surface area (Å²) < 4.78 is 7.58. The predicted octanol–water partition coefficient (Wildman–Crippen LogP) is 2.85. The van der Waals surface area contributed by atoms with Crippen LogP contribution < -0.4 is 5.32 Å². The standard InChI is InChI=1S/C15H19N3O/c1-2-19-15-9-13(10-15)17-12-4-3-5-14(8-12)18-7-6-16-11-18/h3-8,11,13,15,17H,2,9-10H2,1H3. The highest BCUT2D eigenvalue weighted by Gasteiger charge is 2.29. The molecule has 1 heterocycles. The van der Waals surface area contributed by atoms with Gasteiger partial charge in [0.15, 0.2) is 0 Å². The van der Waals surface area contributed by atoms with Crippen LogP contribution in [0.15, 0.2) is 43.0 Å². The van der Waals surface area contributed by atoms with E-state index in [1.165, 1.54) is 0 Å². The number of hydrogen-bond acceptors (Lipinski definition) is 3. The van der Waals surface area contributed by atoms with Crippen molar-refractivity contribution in [1.82, 2.24) is 9.55 Å². The maximum Gasteiger partial charge on any atom is 0.0991 e. The van der Waals surface area contributed by atoms with Crippen LogP contribution in [0.1, 0.15) is 19.8 Å². The van der Waals surface area contributed by atoms with Crippen molar-refractivity contribution in [1.29, 1.82) is 0 Å². The molecular weight excluding hydrogens is 238 g/mol. The van der Waals surface area contributed by atoms with Crippen molar-refractivity contribution in [3.63, 3.8) is 0 Å². The van der Waals surface area contributed by atoms with Crippen LogP contribution in [0.2, 0.25) is 0 Å². The first kappa shape index (κ1) is 12.2. The molecule has 2 aromatic rings. The summed E-state index contributed by atoms with van der Waals surface area (Å²) in [5.74, 6) is 0. The van der Waals surface area contributed by atoms with E-state index in [0.29, 0.717) is 12.1 Å². The fraction of sp³-hybridized carbons (Fsp3) is 0.400. The Kier molecular flexibility index (Phi) is 3.51. The van der Waals surface area contributed by atoms with Crippen LogP contribution in [-0.4, -0.2) is 28.3 Å². The molecule has 0 unspecified atom stereocenters. The molecule has 1 aliphatic rings. The zero-order chi connectivity index (χ0) is 13.1. The topological polar surface area (TPSA) is 39.1 Å². The lowest BCUT2D eigenvalue weighted by Crippen LogP contribution is -2.40. The molecule has 4 heteroatoms. The number of ether oxygens (including phenoxy) is 1. The number of nitrogens with zero attached hydrogens (tertiary/aromatic N) is 2. The van der Waals surface area contributed by atoms with Crippen LogP contribution in [0.25, 0.3) is 5.69 Å². The van der Waals surface area contributed by atoms with Gasteiger partial charge >= 0.3 is 0 Å². The van der Waals surface area contributed by atoms with E-state index in [9.17, 15) is 0 Å². The van der Waals surface area contributed by atoms with E-state index in [1.807, 2.05) is 17.1 Å². The summed E-state index contributed by atoms with van der Waals surface area (Å²) in [6, 6.07) is 8.94. The molecule has 100 valence electrons. The molecule has 0 bridgehead atoms. The van der Waals surface area contributed by atoms with E-state index in [2.05, 4.69) is 41.5 Å². The normalized spacial score (nSPS) is 21.9. The molecule has 1 fully saturated rings. The Hall–Kier alpha value is -1.81. The van der Waals surface area contributed by atoms with Gasteiger partial charge in [0.05, 0.1) is 12.4 Å². The Morgan fingerprint density at radius 3 is 3.05 bits per heavy atom. The first-order chi connectivity index (χ1) is 9.35. The number of imidazole rings is 1. The average molecular weight is 257 g/mol. The number of rotatable bonds is 5. The molecule has 3 rings (SSSR count). The van der Waals surface area contributed by atoms with Gasteiger partial charge in [-0.1, -0.05) is 6.07 Å². The fourth-order valence-corrected chi connectivity index (χ4v) is 2.46. The molecule has 1 aromatic carbocycles. The first-order valence-corrected chi connectivity index (χ1v) is 6.81. The van der Waals surface area contributed by atoms with Crippen LogP contribution in [0, 0.1) is 0 Å². The lowest BCUT2D eigenvalue weighted by atomic mass is 9.89. The number of hydrogen-bond donors (Lipinski definition) is 1.